The zero-order valence-corrected chi connectivity index (χ0v) is 62.8. The van der Waals surface area contributed by atoms with Crippen molar-refractivity contribution < 1.29 is 104 Å². The van der Waals surface area contributed by atoms with Gasteiger partial charge in [-0.05, 0) is 19.3 Å². The molecule has 0 aromatic carbocycles. The summed E-state index contributed by atoms with van der Waals surface area (Å²) < 4.78 is 34.9. The average molecular weight is 1450 g/mol. The van der Waals surface area contributed by atoms with Crippen LogP contribution in [0.3, 0.4) is 0 Å². The third-order valence-electron chi connectivity index (χ3n) is 20.7. The third-order valence-corrected chi connectivity index (χ3v) is 20.7. The fourth-order valence-electron chi connectivity index (χ4n) is 14.3. The Hall–Kier alpha value is -2.53. The first-order valence-corrected chi connectivity index (χ1v) is 40.6. The lowest BCUT2D eigenvalue weighted by Gasteiger charge is -2.50. The van der Waals surface area contributed by atoms with E-state index in [1.165, 1.54) is 238 Å². The highest BCUT2D eigenvalue weighted by molar-refractivity contribution is 5.77. The summed E-state index contributed by atoms with van der Waals surface area (Å²) in [6.07, 6.45) is 32.8. The van der Waals surface area contributed by atoms with Crippen molar-refractivity contribution in [3.63, 3.8) is 0 Å². The molecule has 0 saturated carbocycles. The quantitative estimate of drug-likeness (QED) is 0.0199. The number of aliphatic hydroxyl groups is 11. The zero-order valence-electron chi connectivity index (χ0n) is 62.8. The number of unbranched alkanes of at least 4 members (excludes halogenated alkanes) is 44. The van der Waals surface area contributed by atoms with Crippen molar-refractivity contribution in [3.05, 3.63) is 12.2 Å². The van der Waals surface area contributed by atoms with Crippen LogP contribution in [-0.4, -0.2) is 215 Å². The molecular formula is C78H146N2O21. The molecule has 3 fully saturated rings. The van der Waals surface area contributed by atoms with E-state index < -0.39 is 155 Å². The molecule has 2 amide bonds. The monoisotopic (exact) mass is 1450 g/mol. The summed E-state index contributed by atoms with van der Waals surface area (Å²) in [5, 5.41) is 136. The molecule has 3 aliphatic heterocycles. The fraction of sp³-hybridized carbons (Fsp3) is 0.936. The second-order valence-corrected chi connectivity index (χ2v) is 29.6. The number of nitrogens with one attached hydrogen (secondary N) is 2. The first-order valence-electron chi connectivity index (χ1n) is 40.6. The second-order valence-electron chi connectivity index (χ2n) is 29.6. The SMILES string of the molecule is CCCCCCCCCCCCCC/C=C/C(O)C(COC1OC(CO)C(OC2OC(CO)C(O)C(OC3(C(=O)O)CC(O)C(NC(C)=O)C(C(O)C(O)CO)O3)C2O)C(O)C1O)NC(=O)CCCCCCCCCCCCCCCCCCCCCCCCCCCCCCCCCCC. The van der Waals surface area contributed by atoms with Gasteiger partial charge in [0.15, 0.2) is 12.6 Å². The molecule has 23 heteroatoms. The molecule has 18 unspecified atom stereocenters. The number of carboxylic acids is 1. The first kappa shape index (κ1) is 92.7. The van der Waals surface area contributed by atoms with Gasteiger partial charge >= 0.3 is 5.97 Å². The van der Waals surface area contributed by atoms with Gasteiger partial charge < -0.3 is 100 Å². The molecule has 594 valence electrons. The second kappa shape index (κ2) is 57.6. The fourth-order valence-corrected chi connectivity index (χ4v) is 14.3. The van der Waals surface area contributed by atoms with Crippen LogP contribution in [0.4, 0.5) is 0 Å². The van der Waals surface area contributed by atoms with Gasteiger partial charge in [-0.3, -0.25) is 9.59 Å². The van der Waals surface area contributed by atoms with Gasteiger partial charge in [0.1, 0.15) is 67.1 Å². The van der Waals surface area contributed by atoms with E-state index in [-0.39, 0.29) is 12.3 Å². The van der Waals surface area contributed by atoms with Crippen molar-refractivity contribution >= 4 is 17.8 Å². The Balaban J connectivity index is 1.45. The highest BCUT2D eigenvalue weighted by Crippen LogP contribution is 2.39. The van der Waals surface area contributed by atoms with Crippen LogP contribution in [0.2, 0.25) is 0 Å². The van der Waals surface area contributed by atoms with Crippen LogP contribution in [0.15, 0.2) is 12.2 Å². The number of hydrogen-bond acceptors (Lipinski definition) is 20. The molecule has 3 saturated heterocycles. The molecule has 3 aliphatic rings. The number of carboxylic acid groups (broad SMARTS) is 1. The Morgan fingerprint density at radius 3 is 1.32 bits per heavy atom. The van der Waals surface area contributed by atoms with Crippen LogP contribution in [0.5, 0.6) is 0 Å². The average Bonchev–Trinajstić information content (AvgIpc) is 0.756. The zero-order chi connectivity index (χ0) is 73.9. The maximum atomic E-state index is 13.5. The Morgan fingerprint density at radius 1 is 0.515 bits per heavy atom. The van der Waals surface area contributed by atoms with Crippen LogP contribution < -0.4 is 10.6 Å². The Kier molecular flexibility index (Phi) is 52.9. The summed E-state index contributed by atoms with van der Waals surface area (Å²) in [6, 6.07) is -2.61. The van der Waals surface area contributed by atoms with Crippen molar-refractivity contribution in [1.29, 1.82) is 0 Å². The molecule has 101 heavy (non-hydrogen) atoms. The molecule has 0 aromatic rings. The predicted molar refractivity (Wildman–Crippen MR) is 389 cm³/mol. The molecule has 3 heterocycles. The minimum atomic E-state index is -3.08. The molecule has 23 nitrogen and oxygen atoms in total. The summed E-state index contributed by atoms with van der Waals surface area (Å²) in [4.78, 5) is 38.6. The van der Waals surface area contributed by atoms with Gasteiger partial charge in [0, 0.05) is 19.8 Å². The van der Waals surface area contributed by atoms with Crippen molar-refractivity contribution in [1.82, 2.24) is 10.6 Å². The minimum absolute atomic E-state index is 0.206. The largest absolute Gasteiger partial charge is 0.477 e. The van der Waals surface area contributed by atoms with Crippen LogP contribution in [0.1, 0.15) is 329 Å². The van der Waals surface area contributed by atoms with E-state index in [0.29, 0.717) is 12.8 Å². The smallest absolute Gasteiger partial charge is 0.364 e. The molecule has 0 radical (unpaired) electrons. The van der Waals surface area contributed by atoms with Crippen LogP contribution >= 0.6 is 0 Å². The van der Waals surface area contributed by atoms with Gasteiger partial charge in [-0.1, -0.05) is 302 Å². The highest BCUT2D eigenvalue weighted by atomic mass is 16.8. The van der Waals surface area contributed by atoms with Crippen LogP contribution in [-0.2, 0) is 42.8 Å². The van der Waals surface area contributed by atoms with E-state index in [0.717, 1.165) is 51.9 Å². The number of rotatable bonds is 64. The maximum absolute atomic E-state index is 13.5. The van der Waals surface area contributed by atoms with E-state index in [2.05, 4.69) is 24.5 Å². The number of amides is 2. The van der Waals surface area contributed by atoms with Gasteiger partial charge in [-0.2, -0.15) is 0 Å². The highest BCUT2D eigenvalue weighted by Gasteiger charge is 2.60. The van der Waals surface area contributed by atoms with E-state index in [4.69, 9.17) is 28.4 Å². The number of aliphatic hydroxyl groups excluding tert-OH is 11. The lowest BCUT2D eigenvalue weighted by Crippen LogP contribution is -2.70. The Morgan fingerprint density at radius 2 is 0.921 bits per heavy atom. The van der Waals surface area contributed by atoms with Gasteiger partial charge in [0.2, 0.25) is 11.8 Å². The number of carbonyl (C=O) groups is 3. The lowest BCUT2D eigenvalue weighted by molar-refractivity contribution is -0.386. The normalized spacial score (nSPS) is 26.8. The number of aliphatic carboxylic acids is 1. The van der Waals surface area contributed by atoms with E-state index in [1.54, 1.807) is 6.08 Å². The topological polar surface area (TPSA) is 373 Å². The van der Waals surface area contributed by atoms with Crippen molar-refractivity contribution in [2.24, 2.45) is 0 Å². The molecule has 0 bridgehead atoms. The summed E-state index contributed by atoms with van der Waals surface area (Å²) in [7, 11) is 0. The van der Waals surface area contributed by atoms with E-state index in [1.807, 2.05) is 6.08 Å². The summed E-state index contributed by atoms with van der Waals surface area (Å²) in [5.41, 5.74) is 0. The van der Waals surface area contributed by atoms with Crippen molar-refractivity contribution in [3.8, 4) is 0 Å². The molecule has 0 aromatic heterocycles. The van der Waals surface area contributed by atoms with Gasteiger partial charge in [-0.15, -0.1) is 0 Å². The summed E-state index contributed by atoms with van der Waals surface area (Å²) >= 11 is 0. The molecule has 0 aliphatic carbocycles. The third kappa shape index (κ3) is 38.2. The predicted octanol–water partition coefficient (Wildman–Crippen LogP) is 10.6. The van der Waals surface area contributed by atoms with E-state index in [9.17, 15) is 75.7 Å². The Bertz CT molecular complexity index is 2070. The van der Waals surface area contributed by atoms with Gasteiger partial charge in [0.05, 0.1) is 50.7 Å². The summed E-state index contributed by atoms with van der Waals surface area (Å²) in [6.45, 7) is 2.17. The van der Waals surface area contributed by atoms with E-state index >= 15 is 0 Å². The number of hydrogen-bond donors (Lipinski definition) is 14. The molecular weight excluding hydrogens is 1300 g/mol. The van der Waals surface area contributed by atoms with Gasteiger partial charge in [-0.25, -0.2) is 4.79 Å². The summed E-state index contributed by atoms with van der Waals surface area (Å²) in [5.74, 6) is -6.13. The van der Waals surface area contributed by atoms with Crippen molar-refractivity contribution in [2.75, 3.05) is 26.4 Å². The molecule has 14 N–H and O–H groups in total. The molecule has 3 rings (SSSR count). The van der Waals surface area contributed by atoms with Crippen molar-refractivity contribution in [2.45, 2.75) is 439 Å². The molecule has 18 atom stereocenters. The molecule has 0 spiro atoms. The maximum Gasteiger partial charge on any atom is 0.364 e. The Labute approximate surface area is 607 Å². The minimum Gasteiger partial charge on any atom is -0.477 e. The lowest BCUT2D eigenvalue weighted by atomic mass is 9.88. The standard InChI is InChI=1S/C78H146N2O21/c1-4-6-8-10-12-14-16-18-20-21-22-23-24-25-26-27-28-29-30-31-32-33-34-35-36-37-38-40-42-44-46-48-50-52-65(88)80-59(60(85)51-49-47-45-43-41-39-19-17-15-13-11-9-7-5-2)57-96-75-70(92)69(91)72(64(56-83)98-75)99-76-71(93)74(68(90)63(55-82)97-76)101-78(77(94)95)53-61(86)66(79-58(3)84)73(100-78)67(89)62(87)54-81/h49,51,59-64,66-76,81-83,85-87,89-93H,4-48,50,52-57H2,1-3H3,(H,79,84)(H,80,88)(H,94,95)/b51-49+. The van der Waals surface area contributed by atoms with Gasteiger partial charge in [0.25, 0.3) is 5.79 Å². The van der Waals surface area contributed by atoms with Crippen LogP contribution in [0, 0.1) is 0 Å². The van der Waals surface area contributed by atoms with Crippen LogP contribution in [0.25, 0.3) is 0 Å². The number of carbonyl (C=O) groups excluding carboxylic acids is 2. The number of allylic oxidation sites excluding steroid dienone is 1. The first-order chi connectivity index (χ1) is 48.9. The number of ether oxygens (including phenoxy) is 6.